The summed E-state index contributed by atoms with van der Waals surface area (Å²) in [5.74, 6) is 0. The normalized spacial score (nSPS) is 16.2. The summed E-state index contributed by atoms with van der Waals surface area (Å²) in [4.78, 5) is 0. The van der Waals surface area contributed by atoms with Crippen LogP contribution in [0.3, 0.4) is 0 Å². The quantitative estimate of drug-likeness (QED) is 0.660. The Labute approximate surface area is 75.6 Å². The van der Waals surface area contributed by atoms with Crippen LogP contribution in [0.1, 0.15) is 22.9 Å². The lowest BCUT2D eigenvalue weighted by Gasteiger charge is -2.00. The molecule has 1 aromatic heterocycles. The number of aryl methyl sites for hydroxylation is 1. The highest BCUT2D eigenvalue weighted by molar-refractivity contribution is 7.12. The predicted octanol–water partition coefficient (Wildman–Crippen LogP) is 2.58. The number of aromatic nitrogens is 2. The number of hydrogen-bond donors (Lipinski definition) is 0. The molecule has 0 radical (unpaired) electrons. The molecule has 1 heterocycles. The highest BCUT2D eigenvalue weighted by Gasteiger charge is 2.05. The van der Waals surface area contributed by atoms with Crippen molar-refractivity contribution in [2.45, 2.75) is 19.8 Å². The Balaban J connectivity index is 2.30. The number of nitrogens with zero attached hydrogens (tertiary/aromatic N) is 2. The largest absolute Gasteiger partial charge is 0.147 e. The van der Waals surface area contributed by atoms with E-state index in [1.54, 1.807) is 11.3 Å². The van der Waals surface area contributed by atoms with Crippen LogP contribution in [0.4, 0.5) is 0 Å². The van der Waals surface area contributed by atoms with Gasteiger partial charge in [-0.2, -0.15) is 0 Å². The van der Waals surface area contributed by atoms with Gasteiger partial charge in [-0.15, -0.1) is 10.2 Å². The second-order valence-corrected chi connectivity index (χ2v) is 3.95. The zero-order valence-corrected chi connectivity index (χ0v) is 7.77. The molecule has 2 nitrogen and oxygen atoms in total. The maximum Gasteiger partial charge on any atom is 0.147 e. The third kappa shape index (κ3) is 1.46. The predicted molar refractivity (Wildman–Crippen MR) is 51.0 cm³/mol. The van der Waals surface area contributed by atoms with Crippen molar-refractivity contribution in [3.05, 3.63) is 28.2 Å². The van der Waals surface area contributed by atoms with Crippen LogP contribution >= 0.6 is 11.3 Å². The average Bonchev–Trinajstić information content (AvgIpc) is 2.54. The van der Waals surface area contributed by atoms with Crippen molar-refractivity contribution in [2.24, 2.45) is 0 Å². The molecular weight excluding hydrogens is 168 g/mol. The van der Waals surface area contributed by atoms with Crippen molar-refractivity contribution in [3.8, 4) is 0 Å². The van der Waals surface area contributed by atoms with E-state index in [2.05, 4.69) is 28.4 Å². The molecule has 0 atom stereocenters. The van der Waals surface area contributed by atoms with E-state index in [0.717, 1.165) is 22.9 Å². The molecule has 0 aliphatic heterocycles. The molecule has 0 saturated heterocycles. The molecule has 0 fully saturated rings. The van der Waals surface area contributed by atoms with Crippen molar-refractivity contribution < 1.29 is 0 Å². The molecule has 12 heavy (non-hydrogen) atoms. The summed E-state index contributed by atoms with van der Waals surface area (Å²) in [6, 6.07) is 0. The lowest BCUT2D eigenvalue weighted by atomic mass is 10.1. The maximum absolute atomic E-state index is 4.09. The maximum atomic E-state index is 4.09. The minimum absolute atomic E-state index is 1.03. The van der Waals surface area contributed by atoms with E-state index in [1.165, 1.54) is 5.57 Å². The van der Waals surface area contributed by atoms with Crippen LogP contribution in [-0.2, 0) is 0 Å². The summed E-state index contributed by atoms with van der Waals surface area (Å²) < 4.78 is 0. The summed E-state index contributed by atoms with van der Waals surface area (Å²) in [6.07, 6.45) is 8.82. The van der Waals surface area contributed by atoms with E-state index < -0.39 is 0 Å². The Hall–Kier alpha value is -0.960. The Kier molecular flexibility index (Phi) is 2.04. The van der Waals surface area contributed by atoms with Gasteiger partial charge in [0.15, 0.2) is 0 Å². The van der Waals surface area contributed by atoms with Crippen LogP contribution in [0.5, 0.6) is 0 Å². The summed E-state index contributed by atoms with van der Waals surface area (Å²) in [6.45, 7) is 1.98. The van der Waals surface area contributed by atoms with Gasteiger partial charge < -0.3 is 0 Å². The molecule has 2 rings (SSSR count). The van der Waals surface area contributed by atoms with Gasteiger partial charge >= 0.3 is 0 Å². The van der Waals surface area contributed by atoms with E-state index in [1.807, 2.05) is 6.92 Å². The minimum atomic E-state index is 1.03. The highest BCUT2D eigenvalue weighted by Crippen LogP contribution is 2.23. The zero-order chi connectivity index (χ0) is 8.39. The lowest BCUT2D eigenvalue weighted by molar-refractivity contribution is 1.02. The van der Waals surface area contributed by atoms with Crippen LogP contribution in [0.2, 0.25) is 0 Å². The molecule has 62 valence electrons. The molecule has 0 spiro atoms. The van der Waals surface area contributed by atoms with Crippen molar-refractivity contribution in [3.63, 3.8) is 0 Å². The topological polar surface area (TPSA) is 25.8 Å². The number of hydrogen-bond acceptors (Lipinski definition) is 3. The van der Waals surface area contributed by atoms with Crippen LogP contribution in [0.25, 0.3) is 5.57 Å². The first kappa shape index (κ1) is 7.68. The van der Waals surface area contributed by atoms with Gasteiger partial charge in [0, 0.05) is 5.57 Å². The van der Waals surface area contributed by atoms with Crippen molar-refractivity contribution in [1.82, 2.24) is 10.2 Å². The van der Waals surface area contributed by atoms with Crippen LogP contribution < -0.4 is 0 Å². The Morgan fingerprint density at radius 3 is 2.83 bits per heavy atom. The second kappa shape index (κ2) is 3.19. The van der Waals surface area contributed by atoms with E-state index in [9.17, 15) is 0 Å². The SMILES string of the molecule is Cc1nnc(C2=CCCC=C2)s1. The number of allylic oxidation sites excluding steroid dienone is 4. The average molecular weight is 178 g/mol. The Bertz CT molecular complexity index is 336. The monoisotopic (exact) mass is 178 g/mol. The molecule has 0 bridgehead atoms. The van der Waals surface area contributed by atoms with Gasteiger partial charge in [0.25, 0.3) is 0 Å². The highest BCUT2D eigenvalue weighted by atomic mass is 32.1. The van der Waals surface area contributed by atoms with Crippen LogP contribution in [0.15, 0.2) is 18.2 Å². The molecular formula is C9H10N2S. The second-order valence-electron chi connectivity index (χ2n) is 2.77. The zero-order valence-electron chi connectivity index (χ0n) is 6.95. The summed E-state index contributed by atoms with van der Waals surface area (Å²) in [7, 11) is 0. The van der Waals surface area contributed by atoms with Crippen molar-refractivity contribution in [2.75, 3.05) is 0 Å². The molecule has 0 unspecified atom stereocenters. The molecule has 0 saturated carbocycles. The summed E-state index contributed by atoms with van der Waals surface area (Å²) >= 11 is 1.65. The summed E-state index contributed by atoms with van der Waals surface area (Å²) in [5, 5.41) is 10.2. The molecule has 1 aliphatic rings. The summed E-state index contributed by atoms with van der Waals surface area (Å²) in [5.41, 5.74) is 1.23. The first-order valence-corrected chi connectivity index (χ1v) is 4.85. The van der Waals surface area contributed by atoms with Gasteiger partial charge in [-0.05, 0) is 19.8 Å². The first-order valence-electron chi connectivity index (χ1n) is 4.03. The fourth-order valence-corrected chi connectivity index (χ4v) is 1.90. The van der Waals surface area contributed by atoms with E-state index in [4.69, 9.17) is 0 Å². The van der Waals surface area contributed by atoms with Crippen LogP contribution in [-0.4, -0.2) is 10.2 Å². The number of rotatable bonds is 1. The van der Waals surface area contributed by atoms with Gasteiger partial charge in [-0.3, -0.25) is 0 Å². The fourth-order valence-electron chi connectivity index (χ4n) is 1.19. The van der Waals surface area contributed by atoms with Gasteiger partial charge in [0.1, 0.15) is 10.0 Å². The first-order chi connectivity index (χ1) is 5.86. The molecule has 0 N–H and O–H groups in total. The molecule has 0 amide bonds. The smallest absolute Gasteiger partial charge is 0.143 e. The molecule has 0 aromatic carbocycles. The van der Waals surface area contributed by atoms with Crippen molar-refractivity contribution >= 4 is 16.9 Å². The third-order valence-electron chi connectivity index (χ3n) is 1.77. The van der Waals surface area contributed by atoms with Crippen molar-refractivity contribution in [1.29, 1.82) is 0 Å². The van der Waals surface area contributed by atoms with E-state index in [0.29, 0.717) is 0 Å². The fraction of sp³-hybridized carbons (Fsp3) is 0.333. The van der Waals surface area contributed by atoms with Gasteiger partial charge in [-0.1, -0.05) is 29.6 Å². The van der Waals surface area contributed by atoms with E-state index in [-0.39, 0.29) is 0 Å². The van der Waals surface area contributed by atoms with Crippen LogP contribution in [0, 0.1) is 6.92 Å². The molecule has 1 aliphatic carbocycles. The van der Waals surface area contributed by atoms with E-state index >= 15 is 0 Å². The van der Waals surface area contributed by atoms with Gasteiger partial charge in [0.05, 0.1) is 0 Å². The van der Waals surface area contributed by atoms with Gasteiger partial charge in [0.2, 0.25) is 0 Å². The molecule has 1 aromatic rings. The Morgan fingerprint density at radius 2 is 2.25 bits per heavy atom. The minimum Gasteiger partial charge on any atom is -0.143 e. The third-order valence-corrected chi connectivity index (χ3v) is 2.66. The molecule has 3 heteroatoms. The lowest BCUT2D eigenvalue weighted by Crippen LogP contribution is -1.84. The standard InChI is InChI=1S/C9H10N2S/c1-7-10-11-9(12-7)8-5-3-2-4-6-8/h3,5-6H,2,4H2,1H3. The Morgan fingerprint density at radius 1 is 1.33 bits per heavy atom. The van der Waals surface area contributed by atoms with Gasteiger partial charge in [-0.25, -0.2) is 0 Å².